The smallest absolute Gasteiger partial charge is 0.337 e. The van der Waals surface area contributed by atoms with Gasteiger partial charge in [0.2, 0.25) is 0 Å². The molecule has 0 atom stereocenters. The van der Waals surface area contributed by atoms with Crippen LogP contribution in [0.5, 0.6) is 0 Å². The van der Waals surface area contributed by atoms with E-state index in [1.165, 1.54) is 6.07 Å². The van der Waals surface area contributed by atoms with Gasteiger partial charge in [0, 0.05) is 29.9 Å². The summed E-state index contributed by atoms with van der Waals surface area (Å²) in [5, 5.41) is 12.9. The molecule has 3 rings (SSSR count). The van der Waals surface area contributed by atoms with Crippen molar-refractivity contribution in [2.24, 2.45) is 0 Å². The van der Waals surface area contributed by atoms with Gasteiger partial charge in [0.1, 0.15) is 0 Å². The minimum absolute atomic E-state index is 0.118. The number of nitrogens with zero attached hydrogens (tertiary/aromatic N) is 1. The maximum atomic E-state index is 12.4. The summed E-state index contributed by atoms with van der Waals surface area (Å²) in [5.41, 5.74) is 2.61. The fourth-order valence-electron chi connectivity index (χ4n) is 2.86. The molecule has 0 aliphatic heterocycles. The number of benzene rings is 3. The third-order valence-electron chi connectivity index (χ3n) is 4.27. The van der Waals surface area contributed by atoms with Crippen LogP contribution in [0.1, 0.15) is 26.3 Å². The first-order valence-corrected chi connectivity index (χ1v) is 9.01. The van der Waals surface area contributed by atoms with E-state index < -0.39 is 5.97 Å². The summed E-state index contributed by atoms with van der Waals surface area (Å²) >= 11 is 5.84. The number of amides is 1. The molecule has 0 radical (unpaired) electrons. The van der Waals surface area contributed by atoms with Crippen LogP contribution in [0, 0.1) is 0 Å². The van der Waals surface area contributed by atoms with Gasteiger partial charge in [0.15, 0.2) is 0 Å². The van der Waals surface area contributed by atoms with E-state index in [1.54, 1.807) is 36.4 Å². The van der Waals surface area contributed by atoms with Gasteiger partial charge in [-0.3, -0.25) is 4.79 Å². The highest BCUT2D eigenvalue weighted by Gasteiger charge is 2.16. The number of anilines is 2. The Labute approximate surface area is 168 Å². The van der Waals surface area contributed by atoms with Crippen molar-refractivity contribution < 1.29 is 14.7 Å². The standard InChI is InChI=1S/C22H19ClN2O3/c1-25(14-15-5-3-2-4-6-15)20-12-11-18(13-19(20)22(27)28)24-21(26)16-7-9-17(23)10-8-16/h2-13H,14H2,1H3,(H,24,26)(H,27,28). The average Bonchev–Trinajstić information content (AvgIpc) is 2.69. The maximum absolute atomic E-state index is 12.4. The van der Waals surface area contributed by atoms with Gasteiger partial charge >= 0.3 is 5.97 Å². The molecule has 0 spiro atoms. The van der Waals surface area contributed by atoms with Crippen LogP contribution in [0.2, 0.25) is 5.02 Å². The monoisotopic (exact) mass is 394 g/mol. The minimum Gasteiger partial charge on any atom is -0.478 e. The number of carbonyl (C=O) groups is 2. The first kappa shape index (κ1) is 19.5. The number of hydrogen-bond acceptors (Lipinski definition) is 3. The minimum atomic E-state index is -1.06. The van der Waals surface area contributed by atoms with Crippen LogP contribution >= 0.6 is 11.6 Å². The Balaban J connectivity index is 1.81. The van der Waals surface area contributed by atoms with Crippen molar-refractivity contribution >= 4 is 34.9 Å². The molecule has 3 aromatic rings. The Morgan fingerprint density at radius 3 is 2.32 bits per heavy atom. The molecule has 0 heterocycles. The van der Waals surface area contributed by atoms with E-state index >= 15 is 0 Å². The molecule has 6 heteroatoms. The fraction of sp³-hybridized carbons (Fsp3) is 0.0909. The molecular formula is C22H19ClN2O3. The molecule has 0 aliphatic rings. The van der Waals surface area contributed by atoms with Crippen molar-refractivity contribution in [3.05, 3.63) is 94.5 Å². The second-order valence-corrected chi connectivity index (χ2v) is 6.78. The normalized spacial score (nSPS) is 10.4. The molecule has 3 aromatic carbocycles. The number of hydrogen-bond donors (Lipinski definition) is 2. The van der Waals surface area contributed by atoms with E-state index in [2.05, 4.69) is 5.32 Å². The van der Waals surface area contributed by atoms with Gasteiger partial charge in [0.25, 0.3) is 5.91 Å². The van der Waals surface area contributed by atoms with Crippen LogP contribution in [-0.2, 0) is 6.54 Å². The van der Waals surface area contributed by atoms with Gasteiger partial charge in [0.05, 0.1) is 11.3 Å². The molecule has 0 saturated carbocycles. The van der Waals surface area contributed by atoms with E-state index in [-0.39, 0.29) is 11.5 Å². The molecule has 1 amide bonds. The van der Waals surface area contributed by atoms with Gasteiger partial charge in [-0.05, 0) is 48.0 Å². The maximum Gasteiger partial charge on any atom is 0.337 e. The molecule has 0 unspecified atom stereocenters. The lowest BCUT2D eigenvalue weighted by Crippen LogP contribution is -2.20. The zero-order valence-electron chi connectivity index (χ0n) is 15.2. The molecule has 0 saturated heterocycles. The van der Waals surface area contributed by atoms with Gasteiger partial charge in [-0.2, -0.15) is 0 Å². The zero-order valence-corrected chi connectivity index (χ0v) is 16.0. The average molecular weight is 395 g/mol. The summed E-state index contributed by atoms with van der Waals surface area (Å²) in [6.45, 7) is 0.567. The highest BCUT2D eigenvalue weighted by molar-refractivity contribution is 6.30. The number of aromatic carboxylic acids is 1. The SMILES string of the molecule is CN(Cc1ccccc1)c1ccc(NC(=O)c2ccc(Cl)cc2)cc1C(=O)O. The molecule has 28 heavy (non-hydrogen) atoms. The van der Waals surface area contributed by atoms with Gasteiger partial charge < -0.3 is 15.3 Å². The summed E-state index contributed by atoms with van der Waals surface area (Å²) in [4.78, 5) is 26.0. The highest BCUT2D eigenvalue weighted by atomic mass is 35.5. The molecule has 2 N–H and O–H groups in total. The lowest BCUT2D eigenvalue weighted by Gasteiger charge is -2.22. The van der Waals surface area contributed by atoms with Crippen molar-refractivity contribution in [1.29, 1.82) is 0 Å². The van der Waals surface area contributed by atoms with Crippen molar-refractivity contribution in [3.63, 3.8) is 0 Å². The summed E-state index contributed by atoms with van der Waals surface area (Å²) in [5.74, 6) is -1.39. The number of rotatable bonds is 6. The Bertz CT molecular complexity index is 988. The molecule has 0 bridgehead atoms. The van der Waals surface area contributed by atoms with Crippen LogP contribution in [0.3, 0.4) is 0 Å². The number of halogens is 1. The van der Waals surface area contributed by atoms with Crippen molar-refractivity contribution in [3.8, 4) is 0 Å². The Hall–Kier alpha value is -3.31. The molecule has 5 nitrogen and oxygen atoms in total. The zero-order chi connectivity index (χ0) is 20.1. The Kier molecular flexibility index (Phi) is 5.96. The quantitative estimate of drug-likeness (QED) is 0.622. The van der Waals surface area contributed by atoms with E-state index in [1.807, 2.05) is 42.3 Å². The molecule has 0 fully saturated rings. The van der Waals surface area contributed by atoms with Gasteiger partial charge in [-0.15, -0.1) is 0 Å². The van der Waals surface area contributed by atoms with E-state index in [0.717, 1.165) is 5.56 Å². The third kappa shape index (κ3) is 4.69. The highest BCUT2D eigenvalue weighted by Crippen LogP contribution is 2.25. The van der Waals surface area contributed by atoms with Crippen LogP contribution in [0.15, 0.2) is 72.8 Å². The van der Waals surface area contributed by atoms with Crippen LogP contribution in [0.4, 0.5) is 11.4 Å². The topological polar surface area (TPSA) is 69.6 Å². The first-order valence-electron chi connectivity index (χ1n) is 8.63. The summed E-state index contributed by atoms with van der Waals surface area (Å²) in [6, 6.07) is 21.1. The van der Waals surface area contributed by atoms with Crippen LogP contribution in [0.25, 0.3) is 0 Å². The molecule has 142 valence electrons. The predicted molar refractivity (Wildman–Crippen MR) is 111 cm³/mol. The number of carbonyl (C=O) groups excluding carboxylic acids is 1. The number of carboxylic acids is 1. The summed E-state index contributed by atoms with van der Waals surface area (Å²) in [6.07, 6.45) is 0. The lowest BCUT2D eigenvalue weighted by molar-refractivity contribution is 0.0697. The Morgan fingerprint density at radius 1 is 1.00 bits per heavy atom. The third-order valence-corrected chi connectivity index (χ3v) is 4.52. The van der Waals surface area contributed by atoms with E-state index in [9.17, 15) is 14.7 Å². The number of carboxylic acid groups (broad SMARTS) is 1. The molecule has 0 aromatic heterocycles. The van der Waals surface area contributed by atoms with Gasteiger partial charge in [-0.25, -0.2) is 4.79 Å². The van der Waals surface area contributed by atoms with Gasteiger partial charge in [-0.1, -0.05) is 41.9 Å². The number of nitrogens with one attached hydrogen (secondary N) is 1. The van der Waals surface area contributed by atoms with Crippen LogP contribution < -0.4 is 10.2 Å². The van der Waals surface area contributed by atoms with E-state index in [4.69, 9.17) is 11.6 Å². The molecular weight excluding hydrogens is 376 g/mol. The second-order valence-electron chi connectivity index (χ2n) is 6.34. The van der Waals surface area contributed by atoms with Crippen molar-refractivity contribution in [2.75, 3.05) is 17.3 Å². The predicted octanol–water partition coefficient (Wildman–Crippen LogP) is 4.93. The van der Waals surface area contributed by atoms with Crippen LogP contribution in [-0.4, -0.2) is 24.0 Å². The molecule has 0 aliphatic carbocycles. The van der Waals surface area contributed by atoms with Crippen molar-refractivity contribution in [1.82, 2.24) is 0 Å². The Morgan fingerprint density at radius 2 is 1.68 bits per heavy atom. The fourth-order valence-corrected chi connectivity index (χ4v) is 2.99. The first-order chi connectivity index (χ1) is 13.4. The largest absolute Gasteiger partial charge is 0.478 e. The lowest BCUT2D eigenvalue weighted by atomic mass is 10.1. The van der Waals surface area contributed by atoms with E-state index in [0.29, 0.717) is 28.5 Å². The summed E-state index contributed by atoms with van der Waals surface area (Å²) in [7, 11) is 1.83. The van der Waals surface area contributed by atoms with Crippen molar-refractivity contribution in [2.45, 2.75) is 6.54 Å². The second kappa shape index (κ2) is 8.59. The summed E-state index contributed by atoms with van der Waals surface area (Å²) < 4.78 is 0.